The largest absolute Gasteiger partial charge is 0.741 e. The van der Waals surface area contributed by atoms with Crippen LogP contribution in [0.3, 0.4) is 0 Å². The summed E-state index contributed by atoms with van der Waals surface area (Å²) in [4.78, 5) is 20.0. The van der Waals surface area contributed by atoms with Crippen LogP contribution in [0.4, 0.5) is 33.3 Å². The average Bonchev–Trinajstić information content (AvgIpc) is 2.57. The summed E-state index contributed by atoms with van der Waals surface area (Å²) in [5.74, 6) is -1.39. The molecule has 16 heteroatoms. The molecule has 0 heterocycles. The lowest BCUT2D eigenvalue weighted by Gasteiger charge is -2.08. The summed E-state index contributed by atoms with van der Waals surface area (Å²) in [6.45, 7) is 0. The number of nitro groups is 2. The van der Waals surface area contributed by atoms with Gasteiger partial charge in [0.15, 0.2) is 21.8 Å². The van der Waals surface area contributed by atoms with E-state index in [-0.39, 0.29) is 18.5 Å². The van der Waals surface area contributed by atoms with Gasteiger partial charge in [-0.1, -0.05) is 0 Å². The van der Waals surface area contributed by atoms with Crippen LogP contribution in [0.2, 0.25) is 0 Å². The van der Waals surface area contributed by atoms with Gasteiger partial charge in [0.2, 0.25) is 7.14 Å². The van der Waals surface area contributed by atoms with Crippen LogP contribution in [0.1, 0.15) is 0 Å². The summed E-state index contributed by atoms with van der Waals surface area (Å²) >= 11 is -1.46. The van der Waals surface area contributed by atoms with E-state index in [1.807, 2.05) is 0 Å². The standard InChI is InChI=1S/C12H6F2IN2O4.CHF3O3S/c13-9-3-1-7(16(18)19)5-11(9)15-12-6-8(17(20)21)2-4-10(12)14;2-1(3,4)8(5,6)7/h1-6H;(H,5,6,7)/q+1;/p-1. The van der Waals surface area contributed by atoms with Gasteiger partial charge in [0, 0.05) is 12.1 Å². The maximum Gasteiger partial charge on any atom is 0.485 e. The van der Waals surface area contributed by atoms with Crippen molar-refractivity contribution < 1.29 is 66.0 Å². The van der Waals surface area contributed by atoms with Gasteiger partial charge in [0.25, 0.3) is 11.4 Å². The topological polar surface area (TPSA) is 143 Å². The number of hydrogen-bond acceptors (Lipinski definition) is 7. The van der Waals surface area contributed by atoms with Crippen LogP contribution in [0.15, 0.2) is 36.4 Å². The molecule has 0 aliphatic heterocycles. The normalized spacial score (nSPS) is 11.4. The minimum Gasteiger partial charge on any atom is -0.741 e. The molecule has 0 aliphatic carbocycles. The second kappa shape index (κ2) is 9.35. The maximum atomic E-state index is 13.7. The monoisotopic (exact) mass is 556 g/mol. The smallest absolute Gasteiger partial charge is 0.485 e. The van der Waals surface area contributed by atoms with Gasteiger partial charge in [0.05, 0.1) is 22.0 Å². The molecule has 2 rings (SSSR count). The van der Waals surface area contributed by atoms with Crippen molar-refractivity contribution in [3.8, 4) is 0 Å². The van der Waals surface area contributed by atoms with Crippen LogP contribution in [0, 0.1) is 39.0 Å². The third-order valence-electron chi connectivity index (χ3n) is 2.72. The van der Waals surface area contributed by atoms with Gasteiger partial charge in [-0.3, -0.25) is 20.2 Å². The van der Waals surface area contributed by atoms with Crippen LogP contribution in [0.5, 0.6) is 0 Å². The Morgan fingerprint density at radius 3 is 1.38 bits per heavy atom. The van der Waals surface area contributed by atoms with Crippen molar-refractivity contribution in [2.24, 2.45) is 0 Å². The Kier molecular flexibility index (Phi) is 7.92. The van der Waals surface area contributed by atoms with Crippen molar-refractivity contribution >= 4 is 21.5 Å². The molecule has 2 aromatic carbocycles. The zero-order chi connectivity index (χ0) is 22.6. The van der Waals surface area contributed by atoms with E-state index in [4.69, 9.17) is 13.0 Å². The average molecular weight is 556 g/mol. The Bertz CT molecular complexity index is 985. The number of non-ortho nitro benzene ring substituents is 2. The molecule has 29 heavy (non-hydrogen) atoms. The van der Waals surface area contributed by atoms with E-state index in [0.29, 0.717) is 0 Å². The summed E-state index contributed by atoms with van der Waals surface area (Å²) in [5.41, 5.74) is -6.26. The molecule has 9 nitrogen and oxygen atoms in total. The first kappa shape index (κ1) is 24.6. The van der Waals surface area contributed by atoms with Crippen molar-refractivity contribution in [3.63, 3.8) is 0 Å². The summed E-state index contributed by atoms with van der Waals surface area (Å²) in [7, 11) is -6.09. The molecule has 0 atom stereocenters. The second-order valence-electron chi connectivity index (χ2n) is 4.71. The van der Waals surface area contributed by atoms with Crippen molar-refractivity contribution in [2.45, 2.75) is 5.51 Å². The number of alkyl halides is 3. The lowest BCUT2D eigenvalue weighted by molar-refractivity contribution is -0.604. The van der Waals surface area contributed by atoms with Crippen LogP contribution >= 0.6 is 0 Å². The molecule has 0 amide bonds. The van der Waals surface area contributed by atoms with Gasteiger partial charge in [-0.05, 0) is 12.1 Å². The number of hydrogen-bond donors (Lipinski definition) is 0. The Balaban J connectivity index is 0.000000447. The molecule has 0 saturated heterocycles. The zero-order valence-corrected chi connectivity index (χ0v) is 16.4. The molecule has 0 aromatic heterocycles. The summed E-state index contributed by atoms with van der Waals surface area (Å²) in [6, 6.07) is 5.94. The van der Waals surface area contributed by atoms with Gasteiger partial charge < -0.3 is 4.55 Å². The van der Waals surface area contributed by atoms with Crippen LogP contribution in [0.25, 0.3) is 0 Å². The summed E-state index contributed by atoms with van der Waals surface area (Å²) in [5, 5.41) is 21.3. The Morgan fingerprint density at radius 1 is 0.828 bits per heavy atom. The summed E-state index contributed by atoms with van der Waals surface area (Å²) in [6.07, 6.45) is 0. The van der Waals surface area contributed by atoms with E-state index >= 15 is 0 Å². The Hall–Kier alpha value is -2.47. The molecule has 0 unspecified atom stereocenters. The number of rotatable bonds is 4. The van der Waals surface area contributed by atoms with E-state index in [1.165, 1.54) is 0 Å². The molecule has 0 bridgehead atoms. The summed E-state index contributed by atoms with van der Waals surface area (Å²) < 4.78 is 86.2. The highest BCUT2D eigenvalue weighted by Crippen LogP contribution is 2.20. The van der Waals surface area contributed by atoms with Crippen molar-refractivity contribution in [3.05, 3.63) is 75.4 Å². The molecule has 0 fully saturated rings. The van der Waals surface area contributed by atoms with Gasteiger partial charge in [-0.15, -0.1) is 0 Å². The van der Waals surface area contributed by atoms with E-state index in [0.717, 1.165) is 36.4 Å². The first-order valence-electron chi connectivity index (χ1n) is 6.68. The van der Waals surface area contributed by atoms with Crippen molar-refractivity contribution in [1.29, 1.82) is 0 Å². The van der Waals surface area contributed by atoms with E-state index < -0.39 is 58.3 Å². The molecule has 0 N–H and O–H groups in total. The third kappa shape index (κ3) is 7.13. The molecule has 0 saturated carbocycles. The molecule has 158 valence electrons. The van der Waals surface area contributed by atoms with E-state index in [9.17, 15) is 42.2 Å². The van der Waals surface area contributed by atoms with Gasteiger partial charge in [-0.2, -0.15) is 13.2 Å². The van der Waals surface area contributed by atoms with Gasteiger partial charge in [-0.25, -0.2) is 17.2 Å². The number of nitro benzene ring substituents is 2. The van der Waals surface area contributed by atoms with Crippen molar-refractivity contribution in [2.75, 3.05) is 0 Å². The fourth-order valence-electron chi connectivity index (χ4n) is 1.45. The fraction of sp³-hybridized carbons (Fsp3) is 0.0769. The first-order chi connectivity index (χ1) is 13.1. The van der Waals surface area contributed by atoms with Gasteiger partial charge >= 0.3 is 26.7 Å². The first-order valence-corrected chi connectivity index (χ1v) is 10.2. The lowest BCUT2D eigenvalue weighted by Crippen LogP contribution is -3.62. The lowest BCUT2D eigenvalue weighted by atomic mass is 10.3. The number of benzene rings is 2. The number of nitrogens with zero attached hydrogens (tertiary/aromatic N) is 2. The third-order valence-corrected chi connectivity index (χ3v) is 6.10. The van der Waals surface area contributed by atoms with E-state index in [1.54, 1.807) is 0 Å². The fourth-order valence-corrected chi connectivity index (χ4v) is 3.90. The molecule has 0 aliphatic rings. The Morgan fingerprint density at radius 2 is 1.14 bits per heavy atom. The Labute approximate surface area is 168 Å². The predicted octanol–water partition coefficient (Wildman–Crippen LogP) is -0.0390. The highest BCUT2D eigenvalue weighted by Gasteiger charge is 2.37. The quantitative estimate of drug-likeness (QED) is 0.129. The molecule has 0 spiro atoms. The minimum atomic E-state index is -6.09. The predicted molar refractivity (Wildman–Crippen MR) is 79.3 cm³/mol. The van der Waals surface area contributed by atoms with E-state index in [2.05, 4.69) is 0 Å². The number of halogens is 6. The second-order valence-corrected chi connectivity index (χ2v) is 8.94. The molecule has 2 aromatic rings. The zero-order valence-electron chi connectivity index (χ0n) is 13.4. The molecular weight excluding hydrogens is 550 g/mol. The van der Waals surface area contributed by atoms with Crippen LogP contribution in [-0.4, -0.2) is 28.3 Å². The van der Waals surface area contributed by atoms with Gasteiger partial charge in [0.1, 0.15) is 0 Å². The van der Waals surface area contributed by atoms with Crippen LogP contribution < -0.4 is 21.2 Å². The minimum absolute atomic E-state index is 0.00222. The highest BCUT2D eigenvalue weighted by molar-refractivity contribution is 7.86. The van der Waals surface area contributed by atoms with Crippen molar-refractivity contribution in [1.82, 2.24) is 0 Å². The maximum absolute atomic E-state index is 13.7. The molecular formula is C13H6F5IN2O7S. The molecule has 0 radical (unpaired) electrons. The van der Waals surface area contributed by atoms with Crippen LogP contribution in [-0.2, 0) is 10.1 Å². The highest BCUT2D eigenvalue weighted by atomic mass is 127. The SMILES string of the molecule is O=S(=O)([O-])C(F)(F)F.O=[N+]([O-])c1ccc(F)c([I+]c2cc([N+](=O)[O-])ccc2F)c1.